The number of hydrogen-bond acceptors (Lipinski definition) is 27. The topological polar surface area (TPSA) is 542 Å². The molecule has 1 aliphatic rings. The van der Waals surface area contributed by atoms with Crippen molar-refractivity contribution in [1.29, 1.82) is 0 Å². The van der Waals surface area contributed by atoms with Gasteiger partial charge in [-0.2, -0.15) is 0 Å². The van der Waals surface area contributed by atoms with Gasteiger partial charge < -0.3 is 118 Å². The van der Waals surface area contributed by atoms with E-state index in [1.165, 1.54) is 0 Å². The van der Waals surface area contributed by atoms with Crippen molar-refractivity contribution in [3.63, 3.8) is 0 Å². The van der Waals surface area contributed by atoms with Gasteiger partial charge in [0.05, 0.1) is 118 Å². The lowest BCUT2D eigenvalue weighted by Crippen LogP contribution is -2.50. The smallest absolute Gasteiger partial charge is 0.317 e. The molecule has 0 aliphatic carbocycles. The Kier molecular flexibility index (Phi) is 58.1. The summed E-state index contributed by atoms with van der Waals surface area (Å²) in [5, 5.41) is 55.9. The first kappa shape index (κ1) is 95.6. The third-order valence-electron chi connectivity index (χ3n) is 15.6. The van der Waals surface area contributed by atoms with Crippen molar-refractivity contribution in [2.45, 2.75) is 95.2 Å². The highest BCUT2D eigenvalue weighted by Crippen LogP contribution is 2.07. The summed E-state index contributed by atoms with van der Waals surface area (Å²) >= 11 is 0. The van der Waals surface area contributed by atoms with Crippen LogP contribution in [0, 0.1) is 0 Å². The third kappa shape index (κ3) is 57.5. The van der Waals surface area contributed by atoms with Gasteiger partial charge in [0.15, 0.2) is 0 Å². The van der Waals surface area contributed by atoms with E-state index in [0.717, 1.165) is 6.42 Å². The van der Waals surface area contributed by atoms with Crippen molar-refractivity contribution in [1.82, 2.24) is 72.8 Å². The Morgan fingerprint density at radius 3 is 0.924 bits per heavy atom. The number of rotatable bonds is 65. The molecule has 10 amide bonds. The van der Waals surface area contributed by atoms with Crippen LogP contribution in [0.1, 0.15) is 77.0 Å². The van der Waals surface area contributed by atoms with Gasteiger partial charge in [-0.15, -0.1) is 0 Å². The normalized spacial score (nSPS) is 14.3. The first-order valence-corrected chi connectivity index (χ1v) is 35.8. The molecule has 1 unspecified atom stereocenters. The number of nitrogens with two attached hydrogens (primary N) is 2. The molecule has 1 rings (SSSR count). The Balaban J connectivity index is 2.27. The van der Waals surface area contributed by atoms with Crippen LogP contribution in [0.25, 0.3) is 0 Å². The number of nitrogens with one attached hydrogen (secondary N) is 10. The van der Waals surface area contributed by atoms with Gasteiger partial charge >= 0.3 is 17.9 Å². The average Bonchev–Trinajstić information content (AvgIpc) is 0.915. The number of amides is 10. The molecule has 0 aromatic rings. The number of nitrogens with zero attached hydrogens (tertiary/aromatic N) is 4. The number of hydrogen-bond donors (Lipinski definition) is 15. The van der Waals surface area contributed by atoms with Crippen LogP contribution in [0.2, 0.25) is 0 Å². The number of carbonyl (C=O) groups is 13. The van der Waals surface area contributed by atoms with E-state index >= 15 is 0 Å². The number of carboxylic acid groups (broad SMARTS) is 3. The second-order valence-electron chi connectivity index (χ2n) is 24.3. The predicted octanol–water partition coefficient (Wildman–Crippen LogP) is -7.28. The standard InChI is InChI=1S/C65H120N16O24/c1-68-50(63(66)95)10-3-6-16-71-56(85)46-102-38-36-100-32-20-74-57(86)47-103-39-34-98-30-18-72-54(83)14-9-13-53(82)70-15-7-5-12-52(65(97)76-17-8-4-11-51(69-2)64(67)96)77-59(88)49-105-41-37-101-33-21-75-58(87)48-104-40-35-99-31-19-73-55(84)42-78-22-24-79(43-60(89)90)26-28-81(45-62(93)94)29-27-80(25-23-78)44-61(91)92/h50-52,68-69H,3-49H2,1-2H3,(H2,66,95)(H2,67,96)(H,70,82)(H,71,85)(H,72,83)(H,73,84)(H,74,86)(H,75,87)(H,76,97)(H,77,88)(H,89,90)(H,91,92)(H,93,94)/t50-,51-,52?/m0/s1. The van der Waals surface area contributed by atoms with E-state index < -0.39 is 65.6 Å². The van der Waals surface area contributed by atoms with E-state index in [1.807, 2.05) is 0 Å². The van der Waals surface area contributed by atoms with Gasteiger partial charge in [-0.05, 0) is 78.3 Å². The van der Waals surface area contributed by atoms with E-state index in [1.54, 1.807) is 33.7 Å². The van der Waals surface area contributed by atoms with Crippen LogP contribution in [0.4, 0.5) is 0 Å². The molecule has 604 valence electrons. The van der Waals surface area contributed by atoms with E-state index in [9.17, 15) is 77.6 Å². The lowest BCUT2D eigenvalue weighted by molar-refractivity contribution is -0.140. The van der Waals surface area contributed by atoms with E-state index in [4.69, 9.17) is 49.4 Å². The fourth-order valence-electron chi connectivity index (χ4n) is 9.95. The summed E-state index contributed by atoms with van der Waals surface area (Å²) in [4.78, 5) is 164. The monoisotopic (exact) mass is 1510 g/mol. The third-order valence-corrected chi connectivity index (χ3v) is 15.6. The lowest BCUT2D eigenvalue weighted by Gasteiger charge is -2.32. The second-order valence-corrected chi connectivity index (χ2v) is 24.3. The molecule has 0 aromatic heterocycles. The highest BCUT2D eigenvalue weighted by Gasteiger charge is 2.24. The SMILES string of the molecule is CN[C@@H](CCCCNC(=O)COCCOCCNC(=O)COCCOCCNC(=O)CCCC(=O)NCCCCC(NC(=O)COCCOCCNC(=O)COCCOCCNC(=O)CN1CCN(CC(=O)O)CCN(CC(=O)O)CCN(CC(=O)O)CC1)C(=O)NCCCC[C@H](NC)C(N)=O)C(N)=O. The molecular weight excluding hydrogens is 1390 g/mol. The summed E-state index contributed by atoms with van der Waals surface area (Å²) in [6.07, 6.45) is 5.36. The molecule has 0 bridgehead atoms. The van der Waals surface area contributed by atoms with Crippen LogP contribution in [0.15, 0.2) is 0 Å². The van der Waals surface area contributed by atoms with Crippen molar-refractivity contribution < 1.29 is 116 Å². The minimum Gasteiger partial charge on any atom is -0.480 e. The van der Waals surface area contributed by atoms with Gasteiger partial charge in [-0.1, -0.05) is 0 Å². The molecule has 1 fully saturated rings. The number of ether oxygens (including phenoxy) is 8. The van der Waals surface area contributed by atoms with Gasteiger partial charge in [-0.25, -0.2) is 0 Å². The van der Waals surface area contributed by atoms with Crippen molar-refractivity contribution in [3.05, 3.63) is 0 Å². The molecule has 40 heteroatoms. The van der Waals surface area contributed by atoms with Crippen LogP contribution in [-0.4, -0.2) is 374 Å². The Bertz CT molecular complexity index is 2470. The van der Waals surface area contributed by atoms with E-state index in [-0.39, 0.29) is 253 Å². The fraction of sp³-hybridized carbons (Fsp3) is 0.800. The predicted molar refractivity (Wildman–Crippen MR) is 378 cm³/mol. The molecule has 0 saturated carbocycles. The molecule has 0 radical (unpaired) electrons. The molecule has 3 atom stereocenters. The first-order chi connectivity index (χ1) is 50.5. The quantitative estimate of drug-likeness (QED) is 0.0252. The molecule has 1 heterocycles. The van der Waals surface area contributed by atoms with Gasteiger partial charge in [0, 0.05) is 111 Å². The molecule has 17 N–H and O–H groups in total. The van der Waals surface area contributed by atoms with Crippen LogP contribution >= 0.6 is 0 Å². The summed E-state index contributed by atoms with van der Waals surface area (Å²) in [6.45, 7) is 4.02. The molecule has 40 nitrogen and oxygen atoms in total. The first-order valence-electron chi connectivity index (χ1n) is 35.8. The van der Waals surface area contributed by atoms with E-state index in [2.05, 4.69) is 53.2 Å². The molecule has 105 heavy (non-hydrogen) atoms. The van der Waals surface area contributed by atoms with Crippen molar-refractivity contribution in [2.24, 2.45) is 11.5 Å². The number of carboxylic acids is 3. The molecule has 0 spiro atoms. The number of primary amides is 2. The Labute approximate surface area is 614 Å². The number of carbonyl (C=O) groups excluding carboxylic acids is 10. The summed E-state index contributed by atoms with van der Waals surface area (Å²) < 4.78 is 43.3. The number of likely N-dealkylation sites (N-methyl/N-ethyl adjacent to an activating group) is 2. The van der Waals surface area contributed by atoms with Gasteiger partial charge in [0.25, 0.3) is 0 Å². The maximum atomic E-state index is 13.3. The maximum absolute atomic E-state index is 13.3. The fourth-order valence-corrected chi connectivity index (χ4v) is 9.95. The average molecular weight is 1510 g/mol. The number of unbranched alkanes of at least 4 members (excludes halogenated alkanes) is 3. The summed E-state index contributed by atoms with van der Waals surface area (Å²) in [5.41, 5.74) is 10.7. The summed E-state index contributed by atoms with van der Waals surface area (Å²) in [6, 6.07) is -1.81. The zero-order chi connectivity index (χ0) is 77.5. The molecule has 0 aromatic carbocycles. The zero-order valence-electron chi connectivity index (χ0n) is 61.3. The summed E-state index contributed by atoms with van der Waals surface area (Å²) in [5.74, 6) is -6.85. The van der Waals surface area contributed by atoms with Crippen molar-refractivity contribution in [3.8, 4) is 0 Å². The highest BCUT2D eigenvalue weighted by molar-refractivity contribution is 5.88. The second kappa shape index (κ2) is 63.8. The molecule has 1 aliphatic heterocycles. The van der Waals surface area contributed by atoms with Gasteiger partial charge in [-0.3, -0.25) is 81.9 Å². The maximum Gasteiger partial charge on any atom is 0.317 e. The Morgan fingerprint density at radius 2 is 0.590 bits per heavy atom. The van der Waals surface area contributed by atoms with Crippen LogP contribution in [0.3, 0.4) is 0 Å². The van der Waals surface area contributed by atoms with Crippen molar-refractivity contribution >= 4 is 77.0 Å². The molecule has 1 saturated heterocycles. The van der Waals surface area contributed by atoms with Gasteiger partial charge in [0.1, 0.15) is 32.5 Å². The Morgan fingerprint density at radius 1 is 0.314 bits per heavy atom. The van der Waals surface area contributed by atoms with E-state index in [0.29, 0.717) is 77.5 Å². The Hall–Kier alpha value is -7.45. The van der Waals surface area contributed by atoms with Crippen LogP contribution in [-0.2, 0) is 100 Å². The number of aliphatic carboxylic acids is 3. The zero-order valence-corrected chi connectivity index (χ0v) is 61.3. The minimum absolute atomic E-state index is 0.0315. The summed E-state index contributed by atoms with van der Waals surface area (Å²) in [7, 11) is 3.30. The minimum atomic E-state index is -1.06. The highest BCUT2D eigenvalue weighted by atomic mass is 16.5. The molecular formula is C65H120N16O24. The van der Waals surface area contributed by atoms with Gasteiger partial charge in [0.2, 0.25) is 59.1 Å². The van der Waals surface area contributed by atoms with Crippen LogP contribution in [0.5, 0.6) is 0 Å². The lowest BCUT2D eigenvalue weighted by atomic mass is 10.1. The largest absolute Gasteiger partial charge is 0.480 e. The van der Waals surface area contributed by atoms with Crippen molar-refractivity contribution in [2.75, 3.05) is 244 Å². The van der Waals surface area contributed by atoms with Crippen LogP contribution < -0.4 is 64.6 Å².